The molecule has 0 spiro atoms. The van der Waals surface area contributed by atoms with Crippen LogP contribution in [0.2, 0.25) is 5.02 Å². The van der Waals surface area contributed by atoms with Gasteiger partial charge in [0.15, 0.2) is 0 Å². The average Bonchev–Trinajstić information content (AvgIpc) is 2.70. The first-order valence-corrected chi connectivity index (χ1v) is 4.89. The smallest absolute Gasteiger partial charge is 0.338 e. The van der Waals surface area contributed by atoms with Crippen LogP contribution in [0.5, 0.6) is 0 Å². The molecule has 0 saturated carbocycles. The first kappa shape index (κ1) is 10.6. The van der Waals surface area contributed by atoms with Crippen molar-refractivity contribution in [3.05, 3.63) is 47.0 Å². The number of hydrogen-bond acceptors (Lipinski definition) is 3. The SMILES string of the molecule is O=C(O)c1cnn(Cc2ccncc2Cl)c1. The molecule has 0 amide bonds. The maximum absolute atomic E-state index is 10.6. The van der Waals surface area contributed by atoms with Crippen molar-refractivity contribution in [1.82, 2.24) is 14.8 Å². The minimum Gasteiger partial charge on any atom is -0.478 e. The molecule has 2 heterocycles. The number of rotatable bonds is 3. The molecule has 2 aromatic heterocycles. The van der Waals surface area contributed by atoms with E-state index in [1.807, 2.05) is 0 Å². The summed E-state index contributed by atoms with van der Waals surface area (Å²) in [6, 6.07) is 1.77. The van der Waals surface area contributed by atoms with Crippen molar-refractivity contribution in [1.29, 1.82) is 0 Å². The van der Waals surface area contributed by atoms with Crippen molar-refractivity contribution < 1.29 is 9.90 Å². The maximum Gasteiger partial charge on any atom is 0.338 e. The summed E-state index contributed by atoms with van der Waals surface area (Å²) < 4.78 is 1.52. The molecule has 5 nitrogen and oxygen atoms in total. The van der Waals surface area contributed by atoms with E-state index in [1.54, 1.807) is 18.5 Å². The monoisotopic (exact) mass is 237 g/mol. The van der Waals surface area contributed by atoms with Gasteiger partial charge in [0, 0.05) is 18.6 Å². The zero-order chi connectivity index (χ0) is 11.5. The summed E-state index contributed by atoms with van der Waals surface area (Å²) in [7, 11) is 0. The first-order valence-electron chi connectivity index (χ1n) is 4.51. The van der Waals surface area contributed by atoms with Gasteiger partial charge in [0.05, 0.1) is 23.3 Å². The van der Waals surface area contributed by atoms with Gasteiger partial charge in [0.1, 0.15) is 0 Å². The number of carboxylic acids is 1. The van der Waals surface area contributed by atoms with Gasteiger partial charge < -0.3 is 5.11 Å². The fourth-order valence-electron chi connectivity index (χ4n) is 1.27. The lowest BCUT2D eigenvalue weighted by Gasteiger charge is -2.02. The lowest BCUT2D eigenvalue weighted by molar-refractivity contribution is 0.0697. The third-order valence-corrected chi connectivity index (χ3v) is 2.41. The molecule has 0 aliphatic heterocycles. The van der Waals surface area contributed by atoms with Crippen LogP contribution in [0.1, 0.15) is 15.9 Å². The summed E-state index contributed by atoms with van der Waals surface area (Å²) in [5.41, 5.74) is 1.00. The summed E-state index contributed by atoms with van der Waals surface area (Å²) in [5.74, 6) is -0.993. The number of halogens is 1. The van der Waals surface area contributed by atoms with E-state index in [-0.39, 0.29) is 5.56 Å². The van der Waals surface area contributed by atoms with Crippen LogP contribution in [0.15, 0.2) is 30.9 Å². The minimum absolute atomic E-state index is 0.158. The Hall–Kier alpha value is -1.88. The third kappa shape index (κ3) is 2.20. The molecule has 0 unspecified atom stereocenters. The topological polar surface area (TPSA) is 68.0 Å². The summed E-state index contributed by atoms with van der Waals surface area (Å²) in [6.07, 6.45) is 5.93. The van der Waals surface area contributed by atoms with Gasteiger partial charge >= 0.3 is 5.97 Å². The van der Waals surface area contributed by atoms with Crippen LogP contribution in [0.3, 0.4) is 0 Å². The van der Waals surface area contributed by atoms with Crippen molar-refractivity contribution in [2.75, 3.05) is 0 Å². The van der Waals surface area contributed by atoms with Crippen molar-refractivity contribution in [3.8, 4) is 0 Å². The standard InChI is InChI=1S/C10H8ClN3O2/c11-9-4-12-2-1-7(9)5-14-6-8(3-13-14)10(15)16/h1-4,6H,5H2,(H,15,16). The van der Waals surface area contributed by atoms with Crippen LogP contribution in [0.25, 0.3) is 0 Å². The predicted octanol–water partition coefficient (Wildman–Crippen LogP) is 1.68. The molecule has 0 atom stereocenters. The van der Waals surface area contributed by atoms with E-state index in [2.05, 4.69) is 10.1 Å². The molecular formula is C10H8ClN3O2. The molecule has 0 bridgehead atoms. The summed E-state index contributed by atoms with van der Waals surface area (Å²) in [4.78, 5) is 14.5. The van der Waals surface area contributed by atoms with Gasteiger partial charge in [-0.05, 0) is 11.6 Å². The van der Waals surface area contributed by atoms with Crippen molar-refractivity contribution in [2.45, 2.75) is 6.54 Å². The number of hydrogen-bond donors (Lipinski definition) is 1. The number of pyridine rings is 1. The van der Waals surface area contributed by atoms with Gasteiger partial charge in [-0.2, -0.15) is 5.10 Å². The van der Waals surface area contributed by atoms with Crippen LogP contribution in [0.4, 0.5) is 0 Å². The highest BCUT2D eigenvalue weighted by molar-refractivity contribution is 6.31. The Morgan fingerprint density at radius 1 is 1.50 bits per heavy atom. The van der Waals surface area contributed by atoms with E-state index in [1.165, 1.54) is 17.1 Å². The number of aromatic nitrogens is 3. The second-order valence-electron chi connectivity index (χ2n) is 3.20. The van der Waals surface area contributed by atoms with E-state index in [9.17, 15) is 4.79 Å². The van der Waals surface area contributed by atoms with Crippen LogP contribution in [-0.2, 0) is 6.54 Å². The molecule has 1 N–H and O–H groups in total. The highest BCUT2D eigenvalue weighted by Crippen LogP contribution is 2.14. The Morgan fingerprint density at radius 3 is 2.94 bits per heavy atom. The van der Waals surface area contributed by atoms with Crippen molar-refractivity contribution in [3.63, 3.8) is 0 Å². The largest absolute Gasteiger partial charge is 0.478 e. The number of aromatic carboxylic acids is 1. The van der Waals surface area contributed by atoms with Gasteiger partial charge in [-0.25, -0.2) is 4.79 Å². The Balaban J connectivity index is 2.21. The quantitative estimate of drug-likeness (QED) is 0.882. The lowest BCUT2D eigenvalue weighted by atomic mass is 10.3. The van der Waals surface area contributed by atoms with Gasteiger partial charge in [-0.3, -0.25) is 9.67 Å². The number of carboxylic acid groups (broad SMARTS) is 1. The molecule has 82 valence electrons. The molecule has 2 aromatic rings. The highest BCUT2D eigenvalue weighted by Gasteiger charge is 2.07. The predicted molar refractivity (Wildman–Crippen MR) is 57.5 cm³/mol. The molecular weight excluding hydrogens is 230 g/mol. The Labute approximate surface area is 96.3 Å². The lowest BCUT2D eigenvalue weighted by Crippen LogP contribution is -2.01. The van der Waals surface area contributed by atoms with Gasteiger partial charge in [-0.15, -0.1) is 0 Å². The Morgan fingerprint density at radius 2 is 2.31 bits per heavy atom. The zero-order valence-corrected chi connectivity index (χ0v) is 8.92. The van der Waals surface area contributed by atoms with Crippen LogP contribution >= 0.6 is 11.6 Å². The van der Waals surface area contributed by atoms with Gasteiger partial charge in [0.25, 0.3) is 0 Å². The molecule has 0 fully saturated rings. The fraction of sp³-hybridized carbons (Fsp3) is 0.100. The fourth-order valence-corrected chi connectivity index (χ4v) is 1.45. The molecule has 2 rings (SSSR count). The van der Waals surface area contributed by atoms with E-state index in [0.29, 0.717) is 11.6 Å². The molecule has 0 aliphatic rings. The molecule has 0 aromatic carbocycles. The normalized spacial score (nSPS) is 10.3. The molecule has 0 radical (unpaired) electrons. The maximum atomic E-state index is 10.6. The van der Waals surface area contributed by atoms with E-state index in [4.69, 9.17) is 16.7 Å². The van der Waals surface area contributed by atoms with Crippen LogP contribution in [-0.4, -0.2) is 25.8 Å². The summed E-state index contributed by atoms with van der Waals surface area (Å²) >= 11 is 5.92. The van der Waals surface area contributed by atoms with E-state index < -0.39 is 5.97 Å². The Kier molecular flexibility index (Phi) is 2.87. The zero-order valence-electron chi connectivity index (χ0n) is 8.17. The minimum atomic E-state index is -0.993. The third-order valence-electron chi connectivity index (χ3n) is 2.07. The van der Waals surface area contributed by atoms with Gasteiger partial charge in [-0.1, -0.05) is 11.6 Å². The van der Waals surface area contributed by atoms with Crippen LogP contribution in [0, 0.1) is 0 Å². The summed E-state index contributed by atoms with van der Waals surface area (Å²) in [6.45, 7) is 0.425. The molecule has 0 saturated heterocycles. The van der Waals surface area contributed by atoms with Crippen molar-refractivity contribution >= 4 is 17.6 Å². The number of nitrogens with zero attached hydrogens (tertiary/aromatic N) is 3. The molecule has 6 heteroatoms. The Bertz CT molecular complexity index is 524. The average molecular weight is 238 g/mol. The second-order valence-corrected chi connectivity index (χ2v) is 3.61. The summed E-state index contributed by atoms with van der Waals surface area (Å²) in [5, 5.41) is 13.2. The number of carbonyl (C=O) groups is 1. The van der Waals surface area contributed by atoms with Gasteiger partial charge in [0.2, 0.25) is 0 Å². The van der Waals surface area contributed by atoms with Crippen molar-refractivity contribution in [2.24, 2.45) is 0 Å². The van der Waals surface area contributed by atoms with Crippen LogP contribution < -0.4 is 0 Å². The molecule has 16 heavy (non-hydrogen) atoms. The first-order chi connectivity index (χ1) is 7.66. The molecule has 0 aliphatic carbocycles. The second kappa shape index (κ2) is 4.32. The highest BCUT2D eigenvalue weighted by atomic mass is 35.5. The van der Waals surface area contributed by atoms with E-state index >= 15 is 0 Å². The van der Waals surface area contributed by atoms with E-state index in [0.717, 1.165) is 5.56 Å².